The number of hydrogen-bond donors (Lipinski definition) is 2. The minimum Gasteiger partial charge on any atom is -0.329 e. The van der Waals surface area contributed by atoms with Gasteiger partial charge < -0.3 is 5.43 Å². The molecule has 1 aromatic rings. The van der Waals surface area contributed by atoms with Crippen molar-refractivity contribution in [2.24, 2.45) is 0 Å². The number of nitrogens with zero attached hydrogens (tertiary/aromatic N) is 1. The van der Waals surface area contributed by atoms with Crippen LogP contribution in [0.25, 0.3) is 0 Å². The van der Waals surface area contributed by atoms with Crippen molar-refractivity contribution >= 4 is 16.8 Å². The molecule has 54 valence electrons. The van der Waals surface area contributed by atoms with E-state index >= 15 is 0 Å². The van der Waals surface area contributed by atoms with Crippen LogP contribution in [-0.2, 0) is 0 Å². The third-order valence-electron chi connectivity index (χ3n) is 1.21. The van der Waals surface area contributed by atoms with Gasteiger partial charge >= 0.3 is 0 Å². The predicted molar refractivity (Wildman–Crippen MR) is 42.4 cm³/mol. The monoisotopic (exact) mass is 157 g/mol. The van der Waals surface area contributed by atoms with Gasteiger partial charge in [-0.1, -0.05) is 11.6 Å². The third kappa shape index (κ3) is 1.14. The van der Waals surface area contributed by atoms with E-state index in [-0.39, 0.29) is 5.17 Å². The van der Waals surface area contributed by atoms with Crippen LogP contribution in [0, 0.1) is 5.41 Å². The third-order valence-corrected chi connectivity index (χ3v) is 1.41. The smallest absolute Gasteiger partial charge is 0.146 e. The average Bonchev–Trinajstić information content (AvgIpc) is 2.33. The Kier molecular flexibility index (Phi) is 1.97. The normalized spacial score (nSPS) is 9.40. The molecule has 4 heteroatoms. The zero-order valence-corrected chi connectivity index (χ0v) is 6.31. The Morgan fingerprint density at radius 2 is 2.50 bits per heavy atom. The van der Waals surface area contributed by atoms with E-state index in [9.17, 15) is 0 Å². The summed E-state index contributed by atoms with van der Waals surface area (Å²) in [5.74, 6) is 0. The summed E-state index contributed by atoms with van der Waals surface area (Å²) in [7, 11) is 1.77. The van der Waals surface area contributed by atoms with Crippen molar-refractivity contribution < 1.29 is 0 Å². The Balaban J connectivity index is 3.01. The maximum Gasteiger partial charge on any atom is 0.146 e. The van der Waals surface area contributed by atoms with Crippen LogP contribution in [-0.4, -0.2) is 16.9 Å². The highest BCUT2D eigenvalue weighted by Crippen LogP contribution is 2.02. The number of halogens is 1. The van der Waals surface area contributed by atoms with Gasteiger partial charge in [-0.3, -0.25) is 10.1 Å². The van der Waals surface area contributed by atoms with Crippen molar-refractivity contribution in [1.82, 2.24) is 4.68 Å². The lowest BCUT2D eigenvalue weighted by molar-refractivity contribution is 0.926. The number of aromatic nitrogens is 1. The summed E-state index contributed by atoms with van der Waals surface area (Å²) in [6.45, 7) is 0. The summed E-state index contributed by atoms with van der Waals surface area (Å²) in [4.78, 5) is 0. The lowest BCUT2D eigenvalue weighted by atomic mass is 10.5. The van der Waals surface area contributed by atoms with E-state index in [0.29, 0.717) is 5.69 Å². The molecule has 0 aliphatic rings. The van der Waals surface area contributed by atoms with Crippen molar-refractivity contribution in [3.05, 3.63) is 24.0 Å². The Hall–Kier alpha value is -0.960. The molecule has 1 aromatic heterocycles. The molecule has 0 unspecified atom stereocenters. The fourth-order valence-electron chi connectivity index (χ4n) is 0.755. The van der Waals surface area contributed by atoms with Crippen molar-refractivity contribution in [2.45, 2.75) is 0 Å². The van der Waals surface area contributed by atoms with Crippen molar-refractivity contribution in [3.63, 3.8) is 0 Å². The van der Waals surface area contributed by atoms with E-state index in [1.165, 1.54) is 0 Å². The van der Waals surface area contributed by atoms with Crippen LogP contribution in [0.1, 0.15) is 5.69 Å². The molecule has 0 radical (unpaired) electrons. The van der Waals surface area contributed by atoms with E-state index in [2.05, 4.69) is 5.43 Å². The fraction of sp³-hybridized carbons (Fsp3) is 0.167. The van der Waals surface area contributed by atoms with Gasteiger partial charge in [-0.2, -0.15) is 0 Å². The summed E-state index contributed by atoms with van der Waals surface area (Å²) in [5.41, 5.74) is 3.52. The van der Waals surface area contributed by atoms with Crippen LogP contribution in [0.4, 0.5) is 0 Å². The minimum atomic E-state index is 0.0411. The van der Waals surface area contributed by atoms with Crippen LogP contribution in [0.5, 0.6) is 0 Å². The zero-order valence-electron chi connectivity index (χ0n) is 5.56. The zero-order chi connectivity index (χ0) is 7.56. The van der Waals surface area contributed by atoms with Gasteiger partial charge in [-0.15, -0.1) is 0 Å². The lowest BCUT2D eigenvalue weighted by Gasteiger charge is -2.03. The molecule has 0 aliphatic heterocycles. The van der Waals surface area contributed by atoms with E-state index in [0.717, 1.165) is 0 Å². The molecule has 0 aliphatic carbocycles. The molecule has 2 N–H and O–H groups in total. The van der Waals surface area contributed by atoms with Gasteiger partial charge in [0.05, 0.1) is 5.69 Å². The topological polar surface area (TPSA) is 40.8 Å². The molecule has 0 saturated carbocycles. The van der Waals surface area contributed by atoms with Crippen LogP contribution in [0.15, 0.2) is 18.3 Å². The first kappa shape index (κ1) is 7.15. The molecular weight excluding hydrogens is 150 g/mol. The molecule has 0 atom stereocenters. The second-order valence-electron chi connectivity index (χ2n) is 1.80. The first-order valence-corrected chi connectivity index (χ1v) is 3.23. The molecule has 0 spiro atoms. The molecule has 1 heterocycles. The van der Waals surface area contributed by atoms with Gasteiger partial charge in [-0.05, 0) is 12.1 Å². The standard InChI is InChI=1S/C6H8ClN3/c1-9-10-4-2-3-5(10)6(7)8/h2-4,8-9H,1H3. The Bertz CT molecular complexity index is 241. The second kappa shape index (κ2) is 2.75. The van der Waals surface area contributed by atoms with Crippen molar-refractivity contribution in [1.29, 1.82) is 5.41 Å². The van der Waals surface area contributed by atoms with E-state index < -0.39 is 0 Å². The fourth-order valence-corrected chi connectivity index (χ4v) is 0.909. The maximum atomic E-state index is 7.10. The first-order valence-electron chi connectivity index (χ1n) is 2.85. The van der Waals surface area contributed by atoms with Gasteiger partial charge in [0, 0.05) is 13.2 Å². The summed E-state index contributed by atoms with van der Waals surface area (Å²) in [6, 6.07) is 3.59. The highest BCUT2D eigenvalue weighted by atomic mass is 35.5. The maximum absolute atomic E-state index is 7.10. The van der Waals surface area contributed by atoms with E-state index in [4.69, 9.17) is 17.0 Å². The summed E-state index contributed by atoms with van der Waals surface area (Å²) in [6.07, 6.45) is 1.80. The Morgan fingerprint density at radius 1 is 1.80 bits per heavy atom. The van der Waals surface area contributed by atoms with Gasteiger partial charge in [0.25, 0.3) is 0 Å². The molecule has 10 heavy (non-hydrogen) atoms. The number of hydrogen-bond acceptors (Lipinski definition) is 2. The minimum absolute atomic E-state index is 0.0411. The molecule has 1 rings (SSSR count). The molecule has 0 aromatic carbocycles. The van der Waals surface area contributed by atoms with Gasteiger partial charge in [0.2, 0.25) is 0 Å². The highest BCUT2D eigenvalue weighted by molar-refractivity contribution is 6.68. The molecular formula is C6H8ClN3. The predicted octanol–water partition coefficient (Wildman–Crippen LogP) is 1.23. The van der Waals surface area contributed by atoms with Crippen LogP contribution < -0.4 is 5.43 Å². The molecule has 0 amide bonds. The number of rotatable bonds is 2. The molecule has 3 nitrogen and oxygen atoms in total. The van der Waals surface area contributed by atoms with E-state index in [1.54, 1.807) is 24.0 Å². The quantitative estimate of drug-likeness (QED) is 0.623. The van der Waals surface area contributed by atoms with Crippen LogP contribution >= 0.6 is 11.6 Å². The van der Waals surface area contributed by atoms with Crippen LogP contribution in [0.2, 0.25) is 0 Å². The van der Waals surface area contributed by atoms with Crippen molar-refractivity contribution in [3.8, 4) is 0 Å². The highest BCUT2D eigenvalue weighted by Gasteiger charge is 2.00. The van der Waals surface area contributed by atoms with E-state index in [1.807, 2.05) is 6.07 Å². The second-order valence-corrected chi connectivity index (χ2v) is 2.18. The lowest BCUT2D eigenvalue weighted by Crippen LogP contribution is -2.12. The SMILES string of the molecule is CNn1cccc1C(=N)Cl. The average molecular weight is 158 g/mol. The largest absolute Gasteiger partial charge is 0.329 e. The molecule has 0 bridgehead atoms. The number of nitrogens with one attached hydrogen (secondary N) is 2. The molecule has 0 saturated heterocycles. The Labute approximate surface area is 64.1 Å². The first-order chi connectivity index (χ1) is 4.75. The van der Waals surface area contributed by atoms with Crippen molar-refractivity contribution in [2.75, 3.05) is 12.5 Å². The summed E-state index contributed by atoms with van der Waals surface area (Å²) in [5, 5.41) is 7.14. The van der Waals surface area contributed by atoms with Gasteiger partial charge in [-0.25, -0.2) is 0 Å². The summed E-state index contributed by atoms with van der Waals surface area (Å²) >= 11 is 5.45. The van der Waals surface area contributed by atoms with Gasteiger partial charge in [0.15, 0.2) is 0 Å². The van der Waals surface area contributed by atoms with Crippen LogP contribution in [0.3, 0.4) is 0 Å². The van der Waals surface area contributed by atoms with Gasteiger partial charge in [0.1, 0.15) is 5.17 Å². The Morgan fingerprint density at radius 3 is 2.90 bits per heavy atom. The summed E-state index contributed by atoms with van der Waals surface area (Å²) < 4.78 is 1.68. The molecule has 0 fully saturated rings.